The first-order valence-electron chi connectivity index (χ1n) is 5.21. The van der Waals surface area contributed by atoms with Gasteiger partial charge in [-0.25, -0.2) is 9.37 Å². The fourth-order valence-electron chi connectivity index (χ4n) is 1.62. The van der Waals surface area contributed by atoms with Gasteiger partial charge in [0, 0.05) is 5.56 Å². The summed E-state index contributed by atoms with van der Waals surface area (Å²) in [5.41, 5.74) is 7.33. The fraction of sp³-hybridized carbons (Fsp3) is 0. The lowest BCUT2D eigenvalue weighted by Crippen LogP contribution is -1.88. The van der Waals surface area contributed by atoms with Crippen molar-refractivity contribution in [2.75, 3.05) is 5.73 Å². The van der Waals surface area contributed by atoms with E-state index in [2.05, 4.69) is 25.4 Å². The molecule has 3 rings (SSSR count). The summed E-state index contributed by atoms with van der Waals surface area (Å²) in [4.78, 5) is 4.24. The zero-order valence-electron chi connectivity index (χ0n) is 9.18. The number of aromatic nitrogens is 5. The first-order chi connectivity index (χ1) is 8.74. The van der Waals surface area contributed by atoms with Crippen molar-refractivity contribution in [3.8, 4) is 22.9 Å². The number of nitrogens with one attached hydrogen (secondary N) is 2. The van der Waals surface area contributed by atoms with E-state index < -0.39 is 0 Å². The number of H-pyrrole nitrogens is 2. The molecule has 0 aliphatic carbocycles. The van der Waals surface area contributed by atoms with Crippen molar-refractivity contribution in [1.29, 1.82) is 0 Å². The van der Waals surface area contributed by atoms with Crippen LogP contribution in [0.1, 0.15) is 0 Å². The van der Waals surface area contributed by atoms with Crippen LogP contribution < -0.4 is 5.73 Å². The maximum absolute atomic E-state index is 13.1. The molecular formula is C11H9FN6. The zero-order valence-corrected chi connectivity index (χ0v) is 9.18. The van der Waals surface area contributed by atoms with Crippen LogP contribution in [0.2, 0.25) is 0 Å². The second-order valence-electron chi connectivity index (χ2n) is 3.72. The minimum absolute atomic E-state index is 0.333. The summed E-state index contributed by atoms with van der Waals surface area (Å²) in [6.45, 7) is 0. The number of nitrogens with two attached hydrogens (primary N) is 1. The molecule has 2 heterocycles. The number of halogens is 1. The quantitative estimate of drug-likeness (QED) is 0.637. The first-order valence-corrected chi connectivity index (χ1v) is 5.21. The molecule has 18 heavy (non-hydrogen) atoms. The van der Waals surface area contributed by atoms with E-state index in [0.717, 1.165) is 0 Å². The van der Waals surface area contributed by atoms with E-state index in [9.17, 15) is 4.39 Å². The van der Waals surface area contributed by atoms with Crippen LogP contribution in [-0.2, 0) is 0 Å². The SMILES string of the molecule is Nc1cn[nH]c1-c1nc(-c2cccc(F)c2)n[nH]1. The molecule has 0 spiro atoms. The van der Waals surface area contributed by atoms with E-state index >= 15 is 0 Å². The van der Waals surface area contributed by atoms with Crippen molar-refractivity contribution in [3.05, 3.63) is 36.3 Å². The standard InChI is InChI=1S/C11H9FN6/c12-7-3-1-2-6(4-7)10-15-11(18-17-10)9-8(13)5-14-16-9/h1-5H,13H2,(H,14,16)(H,15,17,18). The third-order valence-corrected chi connectivity index (χ3v) is 2.47. The largest absolute Gasteiger partial charge is 0.396 e. The number of nitrogens with zero attached hydrogens (tertiary/aromatic N) is 3. The molecule has 1 aromatic carbocycles. The van der Waals surface area contributed by atoms with Gasteiger partial charge in [0.25, 0.3) is 0 Å². The molecule has 0 atom stereocenters. The van der Waals surface area contributed by atoms with Gasteiger partial charge in [0.15, 0.2) is 11.6 Å². The number of nitrogen functional groups attached to an aromatic ring is 1. The van der Waals surface area contributed by atoms with Gasteiger partial charge in [-0.2, -0.15) is 10.2 Å². The van der Waals surface area contributed by atoms with Gasteiger partial charge in [-0.15, -0.1) is 0 Å². The van der Waals surface area contributed by atoms with Gasteiger partial charge in [-0.1, -0.05) is 12.1 Å². The smallest absolute Gasteiger partial charge is 0.181 e. The molecule has 3 aromatic rings. The lowest BCUT2D eigenvalue weighted by Gasteiger charge is -1.94. The van der Waals surface area contributed by atoms with E-state index in [1.54, 1.807) is 12.1 Å². The van der Waals surface area contributed by atoms with Gasteiger partial charge < -0.3 is 5.73 Å². The Kier molecular flexibility index (Phi) is 2.30. The predicted molar refractivity (Wildman–Crippen MR) is 63.8 cm³/mol. The molecule has 7 heteroatoms. The van der Waals surface area contributed by atoms with Crippen LogP contribution in [0.4, 0.5) is 10.1 Å². The van der Waals surface area contributed by atoms with Gasteiger partial charge in [0.05, 0.1) is 11.9 Å². The Morgan fingerprint density at radius 1 is 1.22 bits per heavy atom. The Bertz CT molecular complexity index is 686. The Morgan fingerprint density at radius 2 is 2.11 bits per heavy atom. The molecule has 0 amide bonds. The van der Waals surface area contributed by atoms with Crippen molar-refractivity contribution in [2.24, 2.45) is 0 Å². The number of hydrogen-bond acceptors (Lipinski definition) is 4. The summed E-state index contributed by atoms with van der Waals surface area (Å²) in [7, 11) is 0. The molecule has 0 aliphatic rings. The summed E-state index contributed by atoms with van der Waals surface area (Å²) >= 11 is 0. The molecule has 2 aromatic heterocycles. The molecule has 4 N–H and O–H groups in total. The Morgan fingerprint density at radius 3 is 2.83 bits per heavy atom. The van der Waals surface area contributed by atoms with Crippen LogP contribution >= 0.6 is 0 Å². The maximum Gasteiger partial charge on any atom is 0.181 e. The zero-order chi connectivity index (χ0) is 12.5. The Hall–Kier alpha value is -2.70. The van der Waals surface area contributed by atoms with E-state index in [1.807, 2.05) is 0 Å². The molecule has 0 saturated carbocycles. The highest BCUT2D eigenvalue weighted by molar-refractivity contribution is 5.67. The first kappa shape index (κ1) is 10.5. The average Bonchev–Trinajstić information content (AvgIpc) is 2.97. The minimum atomic E-state index is -0.333. The molecule has 0 fully saturated rings. The van der Waals surface area contributed by atoms with E-state index in [0.29, 0.717) is 28.6 Å². The number of benzene rings is 1. The minimum Gasteiger partial charge on any atom is -0.396 e. The van der Waals surface area contributed by atoms with E-state index in [4.69, 9.17) is 5.73 Å². The second-order valence-corrected chi connectivity index (χ2v) is 3.72. The van der Waals surface area contributed by atoms with Crippen LogP contribution in [0.5, 0.6) is 0 Å². The number of anilines is 1. The van der Waals surface area contributed by atoms with Gasteiger partial charge in [0.1, 0.15) is 11.5 Å². The second kappa shape index (κ2) is 3.95. The molecule has 0 unspecified atom stereocenters. The molecule has 0 aliphatic heterocycles. The van der Waals surface area contributed by atoms with Crippen LogP contribution in [0.25, 0.3) is 22.9 Å². The summed E-state index contributed by atoms with van der Waals surface area (Å²) in [6, 6.07) is 6.06. The predicted octanol–water partition coefficient (Wildman–Crippen LogP) is 1.58. The van der Waals surface area contributed by atoms with Crippen LogP contribution in [0.3, 0.4) is 0 Å². The summed E-state index contributed by atoms with van der Waals surface area (Å²) in [5.74, 6) is 0.530. The lowest BCUT2D eigenvalue weighted by molar-refractivity contribution is 0.628. The molecule has 6 nitrogen and oxygen atoms in total. The Balaban J connectivity index is 2.02. The van der Waals surface area contributed by atoms with Gasteiger partial charge >= 0.3 is 0 Å². The van der Waals surface area contributed by atoms with Crippen molar-refractivity contribution in [2.45, 2.75) is 0 Å². The van der Waals surface area contributed by atoms with E-state index in [1.165, 1.54) is 18.3 Å². The van der Waals surface area contributed by atoms with E-state index in [-0.39, 0.29) is 5.82 Å². The molecule has 90 valence electrons. The monoisotopic (exact) mass is 244 g/mol. The van der Waals surface area contributed by atoms with Crippen molar-refractivity contribution in [3.63, 3.8) is 0 Å². The number of rotatable bonds is 2. The van der Waals surface area contributed by atoms with Gasteiger partial charge in [-0.05, 0) is 12.1 Å². The van der Waals surface area contributed by atoms with Crippen LogP contribution in [0, 0.1) is 5.82 Å². The molecule has 0 saturated heterocycles. The lowest BCUT2D eigenvalue weighted by atomic mass is 10.2. The highest BCUT2D eigenvalue weighted by Gasteiger charge is 2.11. The van der Waals surface area contributed by atoms with Gasteiger partial charge in [0.2, 0.25) is 0 Å². The number of hydrogen-bond donors (Lipinski definition) is 3. The number of aromatic amines is 2. The fourth-order valence-corrected chi connectivity index (χ4v) is 1.62. The third-order valence-electron chi connectivity index (χ3n) is 2.47. The highest BCUT2D eigenvalue weighted by atomic mass is 19.1. The third kappa shape index (κ3) is 1.71. The van der Waals surface area contributed by atoms with Gasteiger partial charge in [-0.3, -0.25) is 10.2 Å². The molecular weight excluding hydrogens is 235 g/mol. The summed E-state index contributed by atoms with van der Waals surface area (Å²) in [6.07, 6.45) is 1.49. The molecule has 0 radical (unpaired) electrons. The van der Waals surface area contributed by atoms with Crippen molar-refractivity contribution >= 4 is 5.69 Å². The maximum atomic E-state index is 13.1. The van der Waals surface area contributed by atoms with Crippen molar-refractivity contribution < 1.29 is 4.39 Å². The summed E-state index contributed by atoms with van der Waals surface area (Å²) in [5, 5.41) is 13.3. The van der Waals surface area contributed by atoms with Crippen LogP contribution in [-0.4, -0.2) is 25.4 Å². The van der Waals surface area contributed by atoms with Crippen molar-refractivity contribution in [1.82, 2.24) is 25.4 Å². The van der Waals surface area contributed by atoms with Crippen LogP contribution in [0.15, 0.2) is 30.5 Å². The average molecular weight is 244 g/mol. The molecule has 0 bridgehead atoms. The highest BCUT2D eigenvalue weighted by Crippen LogP contribution is 2.22. The summed E-state index contributed by atoms with van der Waals surface area (Å²) < 4.78 is 13.1. The Labute approximate surface area is 101 Å². The topological polar surface area (TPSA) is 96.3 Å². The normalized spacial score (nSPS) is 10.7.